The average molecular weight is 498 g/mol. The summed E-state index contributed by atoms with van der Waals surface area (Å²) in [6.45, 7) is 9.27. The van der Waals surface area contributed by atoms with Gasteiger partial charge in [0.05, 0.1) is 10.8 Å². The summed E-state index contributed by atoms with van der Waals surface area (Å²) in [5.74, 6) is 0. The maximum Gasteiger partial charge on any atom is 0.217 e. The van der Waals surface area contributed by atoms with Gasteiger partial charge in [-0.3, -0.25) is 0 Å². The van der Waals surface area contributed by atoms with E-state index in [1.54, 1.807) is 0 Å². The summed E-state index contributed by atoms with van der Waals surface area (Å²) in [6.07, 6.45) is 7.91. The minimum atomic E-state index is -0.107. The minimum Gasteiger partial charge on any atom is -0.347 e. The zero-order chi connectivity index (χ0) is 26.7. The van der Waals surface area contributed by atoms with Gasteiger partial charge >= 0.3 is 0 Å². The number of hydrogen-bond acceptors (Lipinski definition) is 1. The van der Waals surface area contributed by atoms with Gasteiger partial charge in [0.1, 0.15) is 7.05 Å². The second-order valence-corrected chi connectivity index (χ2v) is 11.7. The van der Waals surface area contributed by atoms with Crippen molar-refractivity contribution in [3.63, 3.8) is 0 Å². The topological polar surface area (TPSA) is 6.25 Å². The van der Waals surface area contributed by atoms with Gasteiger partial charge in [-0.15, -0.1) is 0 Å². The Morgan fingerprint density at radius 3 is 2.34 bits per heavy atom. The Morgan fingerprint density at radius 2 is 1.55 bits per heavy atom. The van der Waals surface area contributed by atoms with E-state index in [0.717, 1.165) is 6.42 Å². The molecule has 6 rings (SSSR count). The number of anilines is 1. The lowest BCUT2D eigenvalue weighted by Crippen LogP contribution is -2.29. The van der Waals surface area contributed by atoms with Crippen LogP contribution in [0.5, 0.6) is 0 Å². The molecule has 190 valence electrons. The summed E-state index contributed by atoms with van der Waals surface area (Å²) in [7, 11) is 4.43. The maximum absolute atomic E-state index is 2.40. The molecule has 0 saturated carbocycles. The molecule has 0 aromatic heterocycles. The van der Waals surface area contributed by atoms with Crippen LogP contribution in [-0.2, 0) is 17.3 Å². The van der Waals surface area contributed by atoms with Gasteiger partial charge in [-0.2, -0.15) is 4.58 Å². The van der Waals surface area contributed by atoms with Crippen molar-refractivity contribution in [2.24, 2.45) is 0 Å². The van der Waals surface area contributed by atoms with Crippen LogP contribution < -0.4 is 4.90 Å². The number of hydrogen-bond donors (Lipinski definition) is 0. The molecule has 2 nitrogen and oxygen atoms in total. The van der Waals surface area contributed by atoms with Crippen LogP contribution >= 0.6 is 0 Å². The van der Waals surface area contributed by atoms with Crippen molar-refractivity contribution < 1.29 is 4.58 Å². The van der Waals surface area contributed by atoms with E-state index in [0.29, 0.717) is 0 Å². The van der Waals surface area contributed by atoms with Gasteiger partial charge in [0.25, 0.3) is 0 Å². The number of fused-ring (bicyclic) bond motifs is 4. The standard InChI is InChI=1S/C36H37N2/c1-25-19-21-29-31(23-25)37(5)33(36(29,4)24-26-13-8-7-9-14-26)18-12-17-32-35(2,3)30-22-20-27-15-10-11-16-28(27)34(30)38(32)6/h7-23H,24H2,1-6H3/q+1. The van der Waals surface area contributed by atoms with Crippen molar-refractivity contribution >= 4 is 27.9 Å². The highest BCUT2D eigenvalue weighted by atomic mass is 15.2. The molecule has 0 bridgehead atoms. The van der Waals surface area contributed by atoms with Gasteiger partial charge in [-0.05, 0) is 74.4 Å². The number of nitrogens with zero attached hydrogens (tertiary/aromatic N) is 2. The second-order valence-electron chi connectivity index (χ2n) is 11.7. The van der Waals surface area contributed by atoms with Crippen molar-refractivity contribution in [1.82, 2.24) is 0 Å². The molecule has 0 amide bonds. The molecule has 0 radical (unpaired) electrons. The molecular weight excluding hydrogens is 460 g/mol. The highest BCUT2D eigenvalue weighted by molar-refractivity contribution is 6.07. The normalized spacial score (nSPS) is 21.1. The molecule has 4 aromatic carbocycles. The summed E-state index contributed by atoms with van der Waals surface area (Å²) in [5.41, 5.74) is 10.6. The van der Waals surface area contributed by atoms with E-state index in [2.05, 4.69) is 154 Å². The van der Waals surface area contributed by atoms with Crippen LogP contribution in [0.15, 0.2) is 109 Å². The van der Waals surface area contributed by atoms with Crippen LogP contribution in [0, 0.1) is 6.92 Å². The molecule has 0 N–H and O–H groups in total. The summed E-state index contributed by atoms with van der Waals surface area (Å²) in [4.78, 5) is 2.39. The second kappa shape index (κ2) is 8.84. The quantitative estimate of drug-likeness (QED) is 0.257. The lowest BCUT2D eigenvalue weighted by atomic mass is 9.76. The lowest BCUT2D eigenvalue weighted by Gasteiger charge is -2.29. The van der Waals surface area contributed by atoms with E-state index < -0.39 is 0 Å². The molecule has 2 heterocycles. The molecule has 1 atom stereocenters. The van der Waals surface area contributed by atoms with Gasteiger partial charge in [-0.1, -0.05) is 78.9 Å². The van der Waals surface area contributed by atoms with Gasteiger partial charge in [-0.25, -0.2) is 0 Å². The number of rotatable bonds is 4. The van der Waals surface area contributed by atoms with Gasteiger partial charge < -0.3 is 4.90 Å². The predicted molar refractivity (Wildman–Crippen MR) is 162 cm³/mol. The number of allylic oxidation sites excluding steroid dienone is 4. The Labute approximate surface area is 227 Å². The van der Waals surface area contributed by atoms with Crippen LogP contribution in [0.1, 0.15) is 43.0 Å². The van der Waals surface area contributed by atoms with E-state index in [1.165, 1.54) is 55.8 Å². The Balaban J connectivity index is 1.43. The molecule has 2 aliphatic heterocycles. The summed E-state index contributed by atoms with van der Waals surface area (Å²) in [5, 5.41) is 2.61. The minimum absolute atomic E-state index is 0.0713. The zero-order valence-electron chi connectivity index (χ0n) is 23.4. The van der Waals surface area contributed by atoms with Crippen LogP contribution in [0.25, 0.3) is 10.8 Å². The van der Waals surface area contributed by atoms with Crippen molar-refractivity contribution in [2.45, 2.75) is 44.9 Å². The average Bonchev–Trinajstić information content (AvgIpc) is 3.23. The van der Waals surface area contributed by atoms with Crippen LogP contribution in [-0.4, -0.2) is 24.4 Å². The highest BCUT2D eigenvalue weighted by Gasteiger charge is 2.44. The van der Waals surface area contributed by atoms with Crippen molar-refractivity contribution in [2.75, 3.05) is 19.0 Å². The molecule has 0 fully saturated rings. The first kappa shape index (κ1) is 24.4. The number of aryl methyl sites for hydroxylation is 1. The third kappa shape index (κ3) is 3.66. The molecule has 0 saturated heterocycles. The third-order valence-electron chi connectivity index (χ3n) is 8.86. The molecular formula is C36H37N2+. The Hall–Kier alpha value is -3.91. The lowest BCUT2D eigenvalue weighted by molar-refractivity contribution is -0.399. The van der Waals surface area contributed by atoms with E-state index in [1.807, 2.05) is 0 Å². The zero-order valence-corrected chi connectivity index (χ0v) is 23.4. The molecule has 2 heteroatoms. The summed E-state index contributed by atoms with van der Waals surface area (Å²) < 4.78 is 2.40. The molecule has 0 spiro atoms. The first-order chi connectivity index (χ1) is 18.2. The Bertz CT molecular complexity index is 1650. The fourth-order valence-corrected chi connectivity index (χ4v) is 6.86. The maximum atomic E-state index is 2.40. The van der Waals surface area contributed by atoms with Crippen molar-refractivity contribution in [1.29, 1.82) is 0 Å². The van der Waals surface area contributed by atoms with Crippen LogP contribution in [0.3, 0.4) is 0 Å². The number of benzene rings is 4. The highest BCUT2D eigenvalue weighted by Crippen LogP contribution is 2.49. The molecule has 0 aliphatic carbocycles. The third-order valence-corrected chi connectivity index (χ3v) is 8.86. The van der Waals surface area contributed by atoms with Crippen LogP contribution in [0.4, 0.5) is 11.4 Å². The largest absolute Gasteiger partial charge is 0.347 e. The van der Waals surface area contributed by atoms with Gasteiger partial charge in [0.2, 0.25) is 5.69 Å². The van der Waals surface area contributed by atoms with E-state index in [9.17, 15) is 0 Å². The fourth-order valence-electron chi connectivity index (χ4n) is 6.86. The van der Waals surface area contributed by atoms with Crippen molar-refractivity contribution in [3.05, 3.63) is 131 Å². The monoisotopic (exact) mass is 497 g/mol. The predicted octanol–water partition coefficient (Wildman–Crippen LogP) is 8.24. The molecule has 38 heavy (non-hydrogen) atoms. The first-order valence-electron chi connectivity index (χ1n) is 13.6. The summed E-state index contributed by atoms with van der Waals surface area (Å²) in [6, 6.07) is 31.1. The van der Waals surface area contributed by atoms with Gasteiger partial charge in [0, 0.05) is 35.5 Å². The van der Waals surface area contributed by atoms with Gasteiger partial charge in [0.15, 0.2) is 5.71 Å². The molecule has 1 unspecified atom stereocenters. The number of likely N-dealkylation sites (N-methyl/N-ethyl adjacent to an activating group) is 1. The smallest absolute Gasteiger partial charge is 0.217 e. The van der Waals surface area contributed by atoms with E-state index >= 15 is 0 Å². The van der Waals surface area contributed by atoms with Crippen molar-refractivity contribution in [3.8, 4) is 0 Å². The molecule has 2 aliphatic rings. The van der Waals surface area contributed by atoms with Crippen LogP contribution in [0.2, 0.25) is 0 Å². The fraction of sp³-hybridized carbons (Fsp3) is 0.250. The molecule has 4 aromatic rings. The Kier molecular flexibility index (Phi) is 5.68. The van der Waals surface area contributed by atoms with E-state index in [4.69, 9.17) is 0 Å². The summed E-state index contributed by atoms with van der Waals surface area (Å²) >= 11 is 0. The van der Waals surface area contributed by atoms with E-state index in [-0.39, 0.29) is 10.8 Å². The first-order valence-corrected chi connectivity index (χ1v) is 13.6. The Morgan fingerprint density at radius 1 is 0.842 bits per heavy atom. The SMILES string of the molecule is Cc1ccc2c(c1)N(C)/C(=C/C=C/C1=[N+](C)c3c(ccc4ccccc34)C1(C)C)C2(C)Cc1ccccc1.